The molecule has 2 atom stereocenters. The number of hydrogen-bond acceptors (Lipinski definition) is 6. The number of esters is 1. The van der Waals surface area contributed by atoms with Crippen LogP contribution in [0.4, 0.5) is 0 Å². The predicted octanol–water partition coefficient (Wildman–Crippen LogP) is 3.11. The molecule has 2 unspecified atom stereocenters. The van der Waals surface area contributed by atoms with Gasteiger partial charge in [-0.1, -0.05) is 32.6 Å². The minimum Gasteiger partial charge on any atom is -0.495 e. The number of methoxy groups -OCH3 is 1. The Kier molecular flexibility index (Phi) is 8.53. The third-order valence-corrected chi connectivity index (χ3v) is 8.29. The van der Waals surface area contributed by atoms with Crippen molar-refractivity contribution in [1.82, 2.24) is 9.62 Å². The minimum atomic E-state index is -3.82. The van der Waals surface area contributed by atoms with E-state index in [1.807, 2.05) is 0 Å². The van der Waals surface area contributed by atoms with Gasteiger partial charge in [0.05, 0.1) is 12.7 Å². The van der Waals surface area contributed by atoms with Crippen LogP contribution in [0.3, 0.4) is 0 Å². The molecule has 1 saturated heterocycles. The Morgan fingerprint density at radius 3 is 2.41 bits per heavy atom. The maximum atomic E-state index is 13.2. The van der Waals surface area contributed by atoms with Crippen molar-refractivity contribution in [3.05, 3.63) is 23.8 Å². The predicted molar refractivity (Wildman–Crippen MR) is 120 cm³/mol. The molecule has 1 N–H and O–H groups in total. The van der Waals surface area contributed by atoms with E-state index in [1.54, 1.807) is 0 Å². The monoisotopic (exact) mass is 466 g/mol. The van der Waals surface area contributed by atoms with Gasteiger partial charge in [0.1, 0.15) is 10.6 Å². The van der Waals surface area contributed by atoms with Crippen LogP contribution in [-0.2, 0) is 19.6 Å². The van der Waals surface area contributed by atoms with Gasteiger partial charge in [0, 0.05) is 19.1 Å². The molecule has 0 bridgehead atoms. The van der Waals surface area contributed by atoms with E-state index in [-0.39, 0.29) is 28.2 Å². The summed E-state index contributed by atoms with van der Waals surface area (Å²) in [7, 11) is -2.43. The van der Waals surface area contributed by atoms with Gasteiger partial charge in [0.2, 0.25) is 10.0 Å². The fourth-order valence-electron chi connectivity index (χ4n) is 4.42. The van der Waals surface area contributed by atoms with E-state index in [4.69, 9.17) is 9.47 Å². The number of benzene rings is 1. The molecule has 1 aliphatic heterocycles. The fraction of sp³-hybridized carbons (Fsp3) is 0.652. The zero-order valence-corrected chi connectivity index (χ0v) is 19.8. The molecule has 1 aromatic carbocycles. The van der Waals surface area contributed by atoms with Gasteiger partial charge in [-0.25, -0.2) is 13.2 Å². The Hall–Kier alpha value is -2.13. The van der Waals surface area contributed by atoms with Gasteiger partial charge >= 0.3 is 5.97 Å². The molecular weight excluding hydrogens is 432 g/mol. The molecule has 2 aliphatic rings. The van der Waals surface area contributed by atoms with Crippen molar-refractivity contribution in [2.24, 2.45) is 5.92 Å². The lowest BCUT2D eigenvalue weighted by Crippen LogP contribution is -2.42. The molecule has 1 amide bonds. The first-order chi connectivity index (χ1) is 15.3. The molecule has 1 heterocycles. The van der Waals surface area contributed by atoms with Crippen LogP contribution in [0.2, 0.25) is 0 Å². The first-order valence-corrected chi connectivity index (χ1v) is 12.9. The van der Waals surface area contributed by atoms with E-state index in [1.165, 1.54) is 36.0 Å². The van der Waals surface area contributed by atoms with Gasteiger partial charge in [0.15, 0.2) is 6.61 Å². The van der Waals surface area contributed by atoms with Crippen LogP contribution in [0.25, 0.3) is 0 Å². The van der Waals surface area contributed by atoms with E-state index in [9.17, 15) is 18.0 Å². The van der Waals surface area contributed by atoms with Crippen molar-refractivity contribution in [3.8, 4) is 5.75 Å². The summed E-state index contributed by atoms with van der Waals surface area (Å²) in [5.74, 6) is -0.513. The van der Waals surface area contributed by atoms with Crippen LogP contribution >= 0.6 is 0 Å². The van der Waals surface area contributed by atoms with Crippen LogP contribution in [0.15, 0.2) is 23.1 Å². The van der Waals surface area contributed by atoms with Gasteiger partial charge in [-0.05, 0) is 49.8 Å². The lowest BCUT2D eigenvalue weighted by Gasteiger charge is -2.29. The van der Waals surface area contributed by atoms with Gasteiger partial charge in [0.25, 0.3) is 5.91 Å². The van der Waals surface area contributed by atoms with E-state index in [0.29, 0.717) is 19.0 Å². The Bertz CT molecular complexity index is 909. The molecule has 3 rings (SSSR count). The summed E-state index contributed by atoms with van der Waals surface area (Å²) in [6, 6.07) is 4.28. The molecule has 0 spiro atoms. The number of sulfonamides is 1. The highest BCUT2D eigenvalue weighted by Gasteiger charge is 2.29. The second kappa shape index (κ2) is 11.1. The second-order valence-electron chi connectivity index (χ2n) is 8.70. The molecule has 2 fully saturated rings. The smallest absolute Gasteiger partial charge is 0.338 e. The Labute approximate surface area is 190 Å². The molecule has 1 aromatic rings. The summed E-state index contributed by atoms with van der Waals surface area (Å²) in [5, 5.41) is 2.94. The zero-order chi connectivity index (χ0) is 23.1. The summed E-state index contributed by atoms with van der Waals surface area (Å²) in [4.78, 5) is 24.8. The third-order valence-electron chi connectivity index (χ3n) is 6.37. The molecule has 1 aliphatic carbocycles. The van der Waals surface area contributed by atoms with Crippen molar-refractivity contribution in [1.29, 1.82) is 0 Å². The highest BCUT2D eigenvalue weighted by atomic mass is 32.2. The van der Waals surface area contributed by atoms with Gasteiger partial charge in [-0.2, -0.15) is 4.31 Å². The van der Waals surface area contributed by atoms with Crippen LogP contribution in [-0.4, -0.2) is 57.4 Å². The molecule has 32 heavy (non-hydrogen) atoms. The molecule has 8 nitrogen and oxygen atoms in total. The molecule has 0 radical (unpaired) electrons. The Morgan fingerprint density at radius 2 is 1.75 bits per heavy atom. The number of amides is 1. The SMILES string of the molecule is COc1ccc(C(=O)OCC(=O)NC2CCCCC2C)cc1S(=O)(=O)N1CCCCCC1. The lowest BCUT2D eigenvalue weighted by molar-refractivity contribution is -0.125. The Balaban J connectivity index is 1.68. The first-order valence-electron chi connectivity index (χ1n) is 11.5. The summed E-state index contributed by atoms with van der Waals surface area (Å²) in [6.07, 6.45) is 7.85. The number of ether oxygens (including phenoxy) is 2. The van der Waals surface area contributed by atoms with Crippen molar-refractivity contribution < 1.29 is 27.5 Å². The molecule has 1 saturated carbocycles. The molecule has 178 valence electrons. The maximum Gasteiger partial charge on any atom is 0.338 e. The normalized spacial score (nSPS) is 22.6. The van der Waals surface area contributed by atoms with Gasteiger partial charge < -0.3 is 14.8 Å². The van der Waals surface area contributed by atoms with E-state index in [0.717, 1.165) is 44.9 Å². The van der Waals surface area contributed by atoms with Crippen molar-refractivity contribution in [3.63, 3.8) is 0 Å². The quantitative estimate of drug-likeness (QED) is 0.620. The minimum absolute atomic E-state index is 0.0585. The lowest BCUT2D eigenvalue weighted by atomic mass is 9.86. The van der Waals surface area contributed by atoms with Gasteiger partial charge in [-0.15, -0.1) is 0 Å². The molecule has 9 heteroatoms. The van der Waals surface area contributed by atoms with Crippen LogP contribution in [0.5, 0.6) is 5.75 Å². The zero-order valence-electron chi connectivity index (χ0n) is 19.0. The number of nitrogens with zero attached hydrogens (tertiary/aromatic N) is 1. The standard InChI is InChI=1S/C23H34N2O6S/c1-17-9-5-6-10-19(17)24-22(26)16-31-23(27)18-11-12-20(30-2)21(15-18)32(28,29)25-13-7-3-4-8-14-25/h11-12,15,17,19H,3-10,13-14,16H2,1-2H3,(H,24,26). The Morgan fingerprint density at radius 1 is 1.06 bits per heavy atom. The average Bonchev–Trinajstić information content (AvgIpc) is 3.09. The van der Waals surface area contributed by atoms with E-state index in [2.05, 4.69) is 12.2 Å². The largest absolute Gasteiger partial charge is 0.495 e. The number of carbonyl (C=O) groups is 2. The van der Waals surface area contributed by atoms with E-state index < -0.39 is 22.6 Å². The summed E-state index contributed by atoms with van der Waals surface area (Å²) in [6.45, 7) is 2.60. The van der Waals surface area contributed by atoms with Crippen LogP contribution in [0.1, 0.15) is 68.6 Å². The van der Waals surface area contributed by atoms with Crippen LogP contribution < -0.4 is 10.1 Å². The van der Waals surface area contributed by atoms with Crippen molar-refractivity contribution >= 4 is 21.9 Å². The highest BCUT2D eigenvalue weighted by Crippen LogP contribution is 2.29. The second-order valence-corrected chi connectivity index (χ2v) is 10.6. The summed E-state index contributed by atoms with van der Waals surface area (Å²) in [5.41, 5.74) is 0.0676. The van der Waals surface area contributed by atoms with Gasteiger partial charge in [-0.3, -0.25) is 4.79 Å². The average molecular weight is 467 g/mol. The van der Waals surface area contributed by atoms with E-state index >= 15 is 0 Å². The molecular formula is C23H34N2O6S. The number of hydrogen-bond donors (Lipinski definition) is 1. The third kappa shape index (κ3) is 6.01. The fourth-order valence-corrected chi connectivity index (χ4v) is 6.12. The number of nitrogens with one attached hydrogen (secondary N) is 1. The van der Waals surface area contributed by atoms with Crippen molar-refractivity contribution in [2.75, 3.05) is 26.8 Å². The topological polar surface area (TPSA) is 102 Å². The van der Waals surface area contributed by atoms with Crippen LogP contribution in [0, 0.1) is 5.92 Å². The number of carbonyl (C=O) groups excluding carboxylic acids is 2. The maximum absolute atomic E-state index is 13.2. The highest BCUT2D eigenvalue weighted by molar-refractivity contribution is 7.89. The molecule has 0 aromatic heterocycles. The first kappa shape index (κ1) is 24.5. The number of rotatable bonds is 7. The summed E-state index contributed by atoms with van der Waals surface area (Å²) < 4.78 is 38.4. The summed E-state index contributed by atoms with van der Waals surface area (Å²) >= 11 is 0. The van der Waals surface area contributed by atoms with Crippen molar-refractivity contribution in [2.45, 2.75) is 69.2 Å².